The predicted octanol–water partition coefficient (Wildman–Crippen LogP) is 5.09. The molecule has 1 aromatic carbocycles. The second-order valence-corrected chi connectivity index (χ2v) is 7.21. The highest BCUT2D eigenvalue weighted by atomic mass is 35.5. The molecule has 0 amide bonds. The van der Waals surface area contributed by atoms with E-state index in [9.17, 15) is 0 Å². The molecule has 0 aliphatic heterocycles. The summed E-state index contributed by atoms with van der Waals surface area (Å²) in [6, 6.07) is 6.63. The lowest BCUT2D eigenvalue weighted by atomic mass is 9.85. The van der Waals surface area contributed by atoms with Crippen LogP contribution in [0.4, 0.5) is 0 Å². The fraction of sp³-hybridized carbons (Fsp3) is 0.647. The highest BCUT2D eigenvalue weighted by Crippen LogP contribution is 2.36. The Labute approximate surface area is 132 Å². The standard InChI is InChI=1S/C17H23Cl2N/c18-16-6-3-7-17(19)15(16)10-13(11-20-14-8-9-14)12-4-1-2-5-12/h3,6-7,12-14,20H,1-2,4-5,8-11H2. The van der Waals surface area contributed by atoms with Gasteiger partial charge < -0.3 is 5.32 Å². The minimum absolute atomic E-state index is 0.676. The fourth-order valence-electron chi connectivity index (χ4n) is 3.43. The van der Waals surface area contributed by atoms with Crippen molar-refractivity contribution in [3.63, 3.8) is 0 Å². The summed E-state index contributed by atoms with van der Waals surface area (Å²) in [4.78, 5) is 0. The molecule has 2 aliphatic rings. The Morgan fingerprint density at radius 1 is 1.05 bits per heavy atom. The van der Waals surface area contributed by atoms with Gasteiger partial charge in [-0.2, -0.15) is 0 Å². The minimum atomic E-state index is 0.676. The molecule has 0 spiro atoms. The zero-order chi connectivity index (χ0) is 13.9. The van der Waals surface area contributed by atoms with E-state index in [1.165, 1.54) is 38.5 Å². The van der Waals surface area contributed by atoms with Crippen LogP contribution in [0, 0.1) is 11.8 Å². The molecular weight excluding hydrogens is 289 g/mol. The molecule has 0 heterocycles. The molecule has 110 valence electrons. The Morgan fingerprint density at radius 2 is 1.70 bits per heavy atom. The van der Waals surface area contributed by atoms with Gasteiger partial charge in [-0.3, -0.25) is 0 Å². The first-order valence-electron chi connectivity index (χ1n) is 7.90. The molecule has 1 aromatic rings. The van der Waals surface area contributed by atoms with Crippen molar-refractivity contribution in [2.75, 3.05) is 6.54 Å². The van der Waals surface area contributed by atoms with Crippen LogP contribution < -0.4 is 5.32 Å². The quantitative estimate of drug-likeness (QED) is 0.771. The van der Waals surface area contributed by atoms with E-state index in [1.54, 1.807) is 0 Å². The molecule has 1 unspecified atom stereocenters. The Balaban J connectivity index is 1.70. The Hall–Kier alpha value is -0.240. The second-order valence-electron chi connectivity index (χ2n) is 6.39. The topological polar surface area (TPSA) is 12.0 Å². The van der Waals surface area contributed by atoms with Crippen molar-refractivity contribution in [1.29, 1.82) is 0 Å². The van der Waals surface area contributed by atoms with Crippen LogP contribution in [0.2, 0.25) is 10.0 Å². The molecule has 1 atom stereocenters. The average Bonchev–Trinajstić information content (AvgIpc) is 3.10. The third-order valence-electron chi connectivity index (χ3n) is 4.84. The summed E-state index contributed by atoms with van der Waals surface area (Å²) in [5.41, 5.74) is 1.14. The van der Waals surface area contributed by atoms with Gasteiger partial charge in [-0.25, -0.2) is 0 Å². The second kappa shape index (κ2) is 6.68. The van der Waals surface area contributed by atoms with Gasteiger partial charge >= 0.3 is 0 Å². The van der Waals surface area contributed by atoms with Crippen molar-refractivity contribution in [3.8, 4) is 0 Å². The van der Waals surface area contributed by atoms with E-state index in [1.807, 2.05) is 18.2 Å². The maximum atomic E-state index is 6.35. The van der Waals surface area contributed by atoms with Crippen molar-refractivity contribution in [2.24, 2.45) is 11.8 Å². The highest BCUT2D eigenvalue weighted by molar-refractivity contribution is 6.35. The maximum Gasteiger partial charge on any atom is 0.0452 e. The van der Waals surface area contributed by atoms with Gasteiger partial charge in [0.1, 0.15) is 0 Å². The molecule has 0 bridgehead atoms. The third-order valence-corrected chi connectivity index (χ3v) is 5.55. The molecule has 3 heteroatoms. The summed E-state index contributed by atoms with van der Waals surface area (Å²) in [6.45, 7) is 1.12. The van der Waals surface area contributed by atoms with Gasteiger partial charge in [-0.15, -0.1) is 0 Å². The molecule has 0 aromatic heterocycles. The lowest BCUT2D eigenvalue weighted by Gasteiger charge is -2.25. The fourth-order valence-corrected chi connectivity index (χ4v) is 3.98. The van der Waals surface area contributed by atoms with Crippen LogP contribution in [-0.2, 0) is 6.42 Å². The number of halogens is 2. The van der Waals surface area contributed by atoms with Crippen molar-refractivity contribution in [3.05, 3.63) is 33.8 Å². The van der Waals surface area contributed by atoms with E-state index in [0.29, 0.717) is 5.92 Å². The van der Waals surface area contributed by atoms with Crippen molar-refractivity contribution in [1.82, 2.24) is 5.32 Å². The van der Waals surface area contributed by atoms with Crippen molar-refractivity contribution < 1.29 is 0 Å². The normalized spacial score (nSPS) is 21.3. The van der Waals surface area contributed by atoms with E-state index in [-0.39, 0.29) is 0 Å². The largest absolute Gasteiger partial charge is 0.314 e. The summed E-state index contributed by atoms with van der Waals surface area (Å²) in [7, 11) is 0. The lowest BCUT2D eigenvalue weighted by Crippen LogP contribution is -2.30. The zero-order valence-electron chi connectivity index (χ0n) is 11.9. The molecule has 0 saturated heterocycles. The van der Waals surface area contributed by atoms with Crippen LogP contribution in [0.1, 0.15) is 44.1 Å². The van der Waals surface area contributed by atoms with Crippen LogP contribution in [0.3, 0.4) is 0 Å². The molecule has 0 radical (unpaired) electrons. The van der Waals surface area contributed by atoms with Crippen LogP contribution in [0.15, 0.2) is 18.2 Å². The summed E-state index contributed by atoms with van der Waals surface area (Å²) >= 11 is 12.7. The lowest BCUT2D eigenvalue weighted by molar-refractivity contribution is 0.320. The molecule has 1 N–H and O–H groups in total. The summed E-state index contributed by atoms with van der Waals surface area (Å²) in [5.74, 6) is 1.52. The number of hydrogen-bond acceptors (Lipinski definition) is 1. The van der Waals surface area contributed by atoms with Crippen LogP contribution in [-0.4, -0.2) is 12.6 Å². The SMILES string of the molecule is Clc1cccc(Cl)c1CC(CNC1CC1)C1CCCC1. The Morgan fingerprint density at radius 3 is 2.30 bits per heavy atom. The van der Waals surface area contributed by atoms with Gasteiger partial charge in [-0.05, 0) is 55.3 Å². The summed E-state index contributed by atoms with van der Waals surface area (Å²) < 4.78 is 0. The van der Waals surface area contributed by atoms with E-state index in [2.05, 4.69) is 5.32 Å². The average molecular weight is 312 g/mol. The molecule has 3 rings (SSSR count). The maximum absolute atomic E-state index is 6.35. The Kier molecular flexibility index (Phi) is 4.91. The molecule has 20 heavy (non-hydrogen) atoms. The molecule has 1 nitrogen and oxygen atoms in total. The molecular formula is C17H23Cl2N. The van der Waals surface area contributed by atoms with E-state index >= 15 is 0 Å². The Bertz CT molecular complexity index is 430. The predicted molar refractivity (Wildman–Crippen MR) is 86.6 cm³/mol. The summed E-state index contributed by atoms with van der Waals surface area (Å²) in [5, 5.41) is 5.36. The van der Waals surface area contributed by atoms with Gasteiger partial charge in [0.2, 0.25) is 0 Å². The summed E-state index contributed by atoms with van der Waals surface area (Å²) in [6.07, 6.45) is 9.25. The van der Waals surface area contributed by atoms with Gasteiger partial charge in [0.15, 0.2) is 0 Å². The number of rotatable bonds is 6. The number of hydrogen-bond donors (Lipinski definition) is 1. The van der Waals surface area contributed by atoms with Crippen LogP contribution >= 0.6 is 23.2 Å². The van der Waals surface area contributed by atoms with Crippen molar-refractivity contribution in [2.45, 2.75) is 51.0 Å². The minimum Gasteiger partial charge on any atom is -0.314 e. The monoisotopic (exact) mass is 311 g/mol. The molecule has 2 aliphatic carbocycles. The third kappa shape index (κ3) is 3.69. The van der Waals surface area contributed by atoms with E-state index in [4.69, 9.17) is 23.2 Å². The van der Waals surface area contributed by atoms with Gasteiger partial charge in [-0.1, -0.05) is 55.0 Å². The first-order chi connectivity index (χ1) is 9.74. The van der Waals surface area contributed by atoms with Gasteiger partial charge in [0.25, 0.3) is 0 Å². The highest BCUT2D eigenvalue weighted by Gasteiger charge is 2.28. The molecule has 2 saturated carbocycles. The number of benzene rings is 1. The van der Waals surface area contributed by atoms with Crippen LogP contribution in [0.5, 0.6) is 0 Å². The van der Waals surface area contributed by atoms with Gasteiger partial charge in [0, 0.05) is 16.1 Å². The van der Waals surface area contributed by atoms with Crippen molar-refractivity contribution >= 4 is 23.2 Å². The first-order valence-corrected chi connectivity index (χ1v) is 8.66. The van der Waals surface area contributed by atoms with Crippen LogP contribution in [0.25, 0.3) is 0 Å². The van der Waals surface area contributed by atoms with E-state index < -0.39 is 0 Å². The zero-order valence-corrected chi connectivity index (χ0v) is 13.4. The van der Waals surface area contributed by atoms with Gasteiger partial charge in [0.05, 0.1) is 0 Å². The van der Waals surface area contributed by atoms with E-state index in [0.717, 1.165) is 40.5 Å². The number of nitrogens with one attached hydrogen (secondary N) is 1. The first kappa shape index (κ1) is 14.7. The smallest absolute Gasteiger partial charge is 0.0452 e. The molecule has 2 fully saturated rings.